The first-order valence-electron chi connectivity index (χ1n) is 8.05. The van der Waals surface area contributed by atoms with Crippen LogP contribution < -0.4 is 0 Å². The number of ketones is 1. The summed E-state index contributed by atoms with van der Waals surface area (Å²) in [6, 6.07) is 14.7. The fraction of sp³-hybridized carbons (Fsp3) is 0.263. The van der Waals surface area contributed by atoms with Gasteiger partial charge in [0.25, 0.3) is 0 Å². The smallest absolute Gasteiger partial charge is 0.214 e. The van der Waals surface area contributed by atoms with Crippen molar-refractivity contribution in [3.8, 4) is 5.75 Å². The number of aromatic hydroxyl groups is 1. The van der Waals surface area contributed by atoms with Gasteiger partial charge in [-0.25, -0.2) is 0 Å². The molecule has 4 nitrogen and oxygen atoms in total. The number of phenolic OH excluding ortho intramolecular Hbond substituents is 1. The van der Waals surface area contributed by atoms with Crippen LogP contribution in [0.4, 0.5) is 0 Å². The van der Waals surface area contributed by atoms with Crippen LogP contribution in [0.5, 0.6) is 5.75 Å². The molecule has 1 aliphatic carbocycles. The van der Waals surface area contributed by atoms with Crippen molar-refractivity contribution in [2.24, 2.45) is 0 Å². The molecule has 1 heterocycles. The number of fused-ring (bicyclic) bond motifs is 1. The van der Waals surface area contributed by atoms with Crippen molar-refractivity contribution < 1.29 is 9.90 Å². The highest BCUT2D eigenvalue weighted by Crippen LogP contribution is 2.33. The molecule has 116 valence electrons. The van der Waals surface area contributed by atoms with E-state index in [4.69, 9.17) is 0 Å². The van der Waals surface area contributed by atoms with E-state index in [2.05, 4.69) is 5.10 Å². The van der Waals surface area contributed by atoms with Crippen molar-refractivity contribution in [3.05, 3.63) is 59.8 Å². The third-order valence-electron chi connectivity index (χ3n) is 4.61. The number of hydrogen-bond donors (Lipinski definition) is 1. The van der Waals surface area contributed by atoms with Gasteiger partial charge in [-0.2, -0.15) is 5.10 Å². The molecule has 4 rings (SSSR count). The zero-order chi connectivity index (χ0) is 15.8. The molecule has 0 radical (unpaired) electrons. The van der Waals surface area contributed by atoms with E-state index < -0.39 is 0 Å². The average Bonchev–Trinajstić information content (AvgIpc) is 3.21. The Hall–Kier alpha value is -2.62. The Labute approximate surface area is 134 Å². The second kappa shape index (κ2) is 5.54. The van der Waals surface area contributed by atoms with Crippen molar-refractivity contribution in [1.82, 2.24) is 9.78 Å². The molecule has 1 fully saturated rings. The van der Waals surface area contributed by atoms with Crippen molar-refractivity contribution in [2.75, 3.05) is 0 Å². The summed E-state index contributed by atoms with van der Waals surface area (Å²) in [5.41, 5.74) is 1.95. The van der Waals surface area contributed by atoms with E-state index in [1.807, 2.05) is 28.9 Å². The van der Waals surface area contributed by atoms with E-state index in [1.54, 1.807) is 18.2 Å². The van der Waals surface area contributed by atoms with Crippen molar-refractivity contribution in [2.45, 2.75) is 31.7 Å². The number of carbonyl (C=O) groups excluding carboxylic acids is 1. The second-order valence-corrected chi connectivity index (χ2v) is 6.13. The zero-order valence-electron chi connectivity index (χ0n) is 12.8. The molecule has 0 aliphatic heterocycles. The molecule has 1 aliphatic rings. The number of aromatic nitrogens is 2. The highest BCUT2D eigenvalue weighted by atomic mass is 16.3. The summed E-state index contributed by atoms with van der Waals surface area (Å²) in [5, 5.41) is 15.2. The summed E-state index contributed by atoms with van der Waals surface area (Å²) in [7, 11) is 0. The maximum absolute atomic E-state index is 12.9. The topological polar surface area (TPSA) is 55.1 Å². The van der Waals surface area contributed by atoms with Gasteiger partial charge in [-0.15, -0.1) is 0 Å². The normalized spacial score (nSPS) is 15.3. The lowest BCUT2D eigenvalue weighted by atomic mass is 10.1. The second-order valence-electron chi connectivity index (χ2n) is 6.13. The first-order chi connectivity index (χ1) is 11.2. The predicted molar refractivity (Wildman–Crippen MR) is 88.8 cm³/mol. The van der Waals surface area contributed by atoms with Crippen molar-refractivity contribution >= 4 is 16.7 Å². The van der Waals surface area contributed by atoms with Crippen LogP contribution in [0.3, 0.4) is 0 Å². The summed E-state index contributed by atoms with van der Waals surface area (Å²) >= 11 is 0. The van der Waals surface area contributed by atoms with E-state index in [1.165, 1.54) is 18.9 Å². The lowest BCUT2D eigenvalue weighted by Crippen LogP contribution is -2.09. The minimum absolute atomic E-state index is 0.0929. The Morgan fingerprint density at radius 1 is 1.09 bits per heavy atom. The Kier molecular flexibility index (Phi) is 3.37. The molecule has 2 aromatic carbocycles. The molecule has 0 amide bonds. The highest BCUT2D eigenvalue weighted by Gasteiger charge is 2.24. The van der Waals surface area contributed by atoms with Gasteiger partial charge in [-0.1, -0.05) is 43.2 Å². The van der Waals surface area contributed by atoms with Crippen LogP contribution in [0.15, 0.2) is 48.5 Å². The summed E-state index contributed by atoms with van der Waals surface area (Å²) in [6.07, 6.45) is 4.67. The van der Waals surface area contributed by atoms with Gasteiger partial charge in [0.1, 0.15) is 11.4 Å². The van der Waals surface area contributed by atoms with Gasteiger partial charge in [0, 0.05) is 10.9 Å². The molecule has 3 aromatic rings. The molecule has 0 atom stereocenters. The number of nitrogens with zero attached hydrogens (tertiary/aromatic N) is 2. The maximum atomic E-state index is 12.9. The molecule has 0 unspecified atom stereocenters. The third kappa shape index (κ3) is 2.40. The van der Waals surface area contributed by atoms with E-state index >= 15 is 0 Å². The largest absolute Gasteiger partial charge is 0.508 e. The molecule has 1 saturated carbocycles. The number of hydrogen-bond acceptors (Lipinski definition) is 3. The molecule has 0 bridgehead atoms. The zero-order valence-corrected chi connectivity index (χ0v) is 12.8. The first-order valence-corrected chi connectivity index (χ1v) is 8.05. The van der Waals surface area contributed by atoms with Crippen LogP contribution in [0, 0.1) is 0 Å². The van der Waals surface area contributed by atoms with Gasteiger partial charge < -0.3 is 5.11 Å². The minimum atomic E-state index is -0.145. The standard InChI is InChI=1S/C19H18N2O2/c22-15-9-5-6-13(12-15)19(23)18-16-10-3-4-11-17(16)21(20-18)14-7-1-2-8-14/h3-6,9-12,14,22H,1-2,7-8H2. The number of benzene rings is 2. The van der Waals surface area contributed by atoms with E-state index in [9.17, 15) is 9.90 Å². The maximum Gasteiger partial charge on any atom is 0.214 e. The molecule has 4 heteroatoms. The molecule has 1 aromatic heterocycles. The number of phenols is 1. The van der Waals surface area contributed by atoms with Crippen LogP contribution in [0.1, 0.15) is 47.8 Å². The lowest BCUT2D eigenvalue weighted by Gasteiger charge is -2.10. The number of rotatable bonds is 3. The van der Waals surface area contributed by atoms with Gasteiger partial charge in [0.05, 0.1) is 11.6 Å². The number of para-hydroxylation sites is 1. The van der Waals surface area contributed by atoms with Gasteiger partial charge >= 0.3 is 0 Å². The average molecular weight is 306 g/mol. The van der Waals surface area contributed by atoms with Gasteiger partial charge in [-0.3, -0.25) is 9.48 Å². The van der Waals surface area contributed by atoms with Crippen LogP contribution in [-0.2, 0) is 0 Å². The highest BCUT2D eigenvalue weighted by molar-refractivity contribution is 6.15. The molecule has 0 saturated heterocycles. The first kappa shape index (κ1) is 14.0. The summed E-state index contributed by atoms with van der Waals surface area (Å²) in [5.74, 6) is -0.0516. The molecule has 1 N–H and O–H groups in total. The molecular formula is C19H18N2O2. The van der Waals surface area contributed by atoms with Crippen LogP contribution in [0.25, 0.3) is 10.9 Å². The van der Waals surface area contributed by atoms with E-state index in [0.717, 1.165) is 23.7 Å². The van der Waals surface area contributed by atoms with Gasteiger partial charge in [0.2, 0.25) is 5.78 Å². The molecular weight excluding hydrogens is 288 g/mol. The number of carbonyl (C=O) groups is 1. The summed E-state index contributed by atoms with van der Waals surface area (Å²) < 4.78 is 2.03. The Morgan fingerprint density at radius 3 is 2.65 bits per heavy atom. The Morgan fingerprint density at radius 2 is 1.87 bits per heavy atom. The quantitative estimate of drug-likeness (QED) is 0.742. The van der Waals surface area contributed by atoms with Crippen LogP contribution in [-0.4, -0.2) is 20.7 Å². The van der Waals surface area contributed by atoms with Gasteiger partial charge in [-0.05, 0) is 31.0 Å². The van der Waals surface area contributed by atoms with Gasteiger partial charge in [0.15, 0.2) is 0 Å². The predicted octanol–water partition coefficient (Wildman–Crippen LogP) is 4.09. The molecule has 23 heavy (non-hydrogen) atoms. The monoisotopic (exact) mass is 306 g/mol. The van der Waals surface area contributed by atoms with E-state index in [0.29, 0.717) is 17.3 Å². The van der Waals surface area contributed by atoms with Crippen molar-refractivity contribution in [1.29, 1.82) is 0 Å². The van der Waals surface area contributed by atoms with Crippen molar-refractivity contribution in [3.63, 3.8) is 0 Å². The molecule has 0 spiro atoms. The summed E-state index contributed by atoms with van der Waals surface area (Å²) in [4.78, 5) is 12.9. The minimum Gasteiger partial charge on any atom is -0.508 e. The lowest BCUT2D eigenvalue weighted by molar-refractivity contribution is 0.103. The third-order valence-corrected chi connectivity index (χ3v) is 4.61. The van der Waals surface area contributed by atoms with E-state index in [-0.39, 0.29) is 11.5 Å². The fourth-order valence-electron chi connectivity index (χ4n) is 3.47. The van der Waals surface area contributed by atoms with Crippen LogP contribution in [0.2, 0.25) is 0 Å². The Bertz CT molecular complexity index is 876. The van der Waals surface area contributed by atoms with Crippen LogP contribution >= 0.6 is 0 Å². The SMILES string of the molecule is O=C(c1cccc(O)c1)c1nn(C2CCCC2)c2ccccc12. The fourth-order valence-corrected chi connectivity index (χ4v) is 3.47. The Balaban J connectivity index is 1.85. The summed E-state index contributed by atoms with van der Waals surface area (Å²) in [6.45, 7) is 0.